The number of anilines is 2. The van der Waals surface area contributed by atoms with E-state index in [9.17, 15) is 14.4 Å². The summed E-state index contributed by atoms with van der Waals surface area (Å²) in [7, 11) is 0. The Hall–Kier alpha value is -1.54. The Bertz CT molecular complexity index is 603. The van der Waals surface area contributed by atoms with Crippen LogP contribution in [-0.2, 0) is 4.79 Å². The van der Waals surface area contributed by atoms with Crippen molar-refractivity contribution in [2.24, 2.45) is 5.92 Å². The molecule has 0 spiro atoms. The predicted octanol–water partition coefficient (Wildman–Crippen LogP) is -0.0960. The van der Waals surface area contributed by atoms with Crippen molar-refractivity contribution in [1.82, 2.24) is 5.32 Å². The fourth-order valence-electron chi connectivity index (χ4n) is 2.41. The number of carboxylic acid groups (broad SMARTS) is 1. The van der Waals surface area contributed by atoms with Crippen molar-refractivity contribution >= 4 is 29.1 Å². The molecule has 1 unspecified atom stereocenters. The molecule has 7 nitrogen and oxygen atoms in total. The van der Waals surface area contributed by atoms with E-state index in [2.05, 4.69) is 10.6 Å². The van der Waals surface area contributed by atoms with Gasteiger partial charge in [0.1, 0.15) is 11.4 Å². The summed E-state index contributed by atoms with van der Waals surface area (Å²) in [5.41, 5.74) is -0.165. The van der Waals surface area contributed by atoms with Gasteiger partial charge in [-0.3, -0.25) is 14.4 Å². The first kappa shape index (κ1) is 16.8. The third kappa shape index (κ3) is 3.61. The largest absolute Gasteiger partial charge is 0.481 e. The average Bonchev–Trinajstić information content (AvgIpc) is 2.49. The number of carbonyl (C=O) groups is 1. The molecule has 1 aliphatic rings. The first-order valence-electron chi connectivity index (χ1n) is 7.30. The number of hydrogen-bond donors (Lipinski definition) is 3. The molecule has 0 amide bonds. The smallest absolute Gasteiger partial charge is 0.313 e. The zero-order chi connectivity index (χ0) is 16.3. The van der Waals surface area contributed by atoms with Crippen LogP contribution in [0.15, 0.2) is 9.59 Å². The van der Waals surface area contributed by atoms with E-state index in [1.54, 1.807) is 0 Å². The van der Waals surface area contributed by atoms with Gasteiger partial charge in [0.05, 0.1) is 11.1 Å². The van der Waals surface area contributed by atoms with Crippen LogP contribution in [-0.4, -0.2) is 48.4 Å². The fourth-order valence-corrected chi connectivity index (χ4v) is 3.32. The standard InChI is InChI=1S/C14H21N3O4S/c1-8(2)14(22-7-9(18)19)16-10-11(13(21)12(10)20)17-5-3-15-4-6-17/h8,14-16H,3-7H2,1-2H3,(H,18,19). The highest BCUT2D eigenvalue weighted by Crippen LogP contribution is 2.26. The number of thioether (sulfide) groups is 1. The summed E-state index contributed by atoms with van der Waals surface area (Å²) in [6.45, 7) is 6.83. The monoisotopic (exact) mass is 327 g/mol. The molecule has 8 heteroatoms. The van der Waals surface area contributed by atoms with Crippen LogP contribution in [0.25, 0.3) is 0 Å². The van der Waals surface area contributed by atoms with Crippen molar-refractivity contribution in [1.29, 1.82) is 0 Å². The quantitative estimate of drug-likeness (QED) is 0.472. The Morgan fingerprint density at radius 1 is 1.32 bits per heavy atom. The molecular formula is C14H21N3O4S. The van der Waals surface area contributed by atoms with E-state index in [1.165, 1.54) is 11.8 Å². The zero-order valence-corrected chi connectivity index (χ0v) is 13.5. The fraction of sp³-hybridized carbons (Fsp3) is 0.643. The molecule has 0 radical (unpaired) electrons. The number of aliphatic carboxylic acids is 1. The van der Waals surface area contributed by atoms with Gasteiger partial charge in [0.15, 0.2) is 0 Å². The highest BCUT2D eigenvalue weighted by atomic mass is 32.2. The number of carboxylic acids is 1. The van der Waals surface area contributed by atoms with Gasteiger partial charge >= 0.3 is 5.97 Å². The van der Waals surface area contributed by atoms with Crippen molar-refractivity contribution in [2.75, 3.05) is 42.1 Å². The lowest BCUT2D eigenvalue weighted by atomic mass is 10.1. The molecule has 22 heavy (non-hydrogen) atoms. The highest BCUT2D eigenvalue weighted by molar-refractivity contribution is 8.00. The van der Waals surface area contributed by atoms with Crippen molar-refractivity contribution < 1.29 is 9.90 Å². The Morgan fingerprint density at radius 2 is 1.95 bits per heavy atom. The number of rotatable bonds is 7. The molecule has 3 N–H and O–H groups in total. The van der Waals surface area contributed by atoms with Crippen LogP contribution >= 0.6 is 11.8 Å². The van der Waals surface area contributed by atoms with Crippen LogP contribution in [0.2, 0.25) is 0 Å². The molecule has 2 rings (SSSR count). The maximum absolute atomic E-state index is 11.9. The van der Waals surface area contributed by atoms with Crippen molar-refractivity contribution in [2.45, 2.75) is 19.2 Å². The lowest BCUT2D eigenvalue weighted by Gasteiger charge is -2.33. The van der Waals surface area contributed by atoms with E-state index in [-0.39, 0.29) is 17.0 Å². The Balaban J connectivity index is 2.13. The molecule has 1 aliphatic heterocycles. The minimum absolute atomic E-state index is 0.0474. The summed E-state index contributed by atoms with van der Waals surface area (Å²) in [5, 5.41) is 14.9. The lowest BCUT2D eigenvalue weighted by molar-refractivity contribution is -0.133. The zero-order valence-electron chi connectivity index (χ0n) is 12.7. The summed E-state index contributed by atoms with van der Waals surface area (Å²) in [6.07, 6.45) is 0. The minimum atomic E-state index is -0.898. The summed E-state index contributed by atoms with van der Waals surface area (Å²) in [6, 6.07) is 0. The first-order chi connectivity index (χ1) is 10.4. The number of nitrogens with one attached hydrogen (secondary N) is 2. The molecule has 1 saturated heterocycles. The maximum atomic E-state index is 11.9. The highest BCUT2D eigenvalue weighted by Gasteiger charge is 2.29. The molecule has 1 aromatic rings. The van der Waals surface area contributed by atoms with Crippen LogP contribution in [0.3, 0.4) is 0 Å². The van der Waals surface area contributed by atoms with Crippen molar-refractivity contribution in [3.63, 3.8) is 0 Å². The molecule has 0 bridgehead atoms. The molecule has 1 fully saturated rings. The van der Waals surface area contributed by atoms with Gasteiger partial charge < -0.3 is 20.6 Å². The second-order valence-electron chi connectivity index (χ2n) is 5.63. The summed E-state index contributed by atoms with van der Waals surface area (Å²) in [5.74, 6) is -0.816. The van der Waals surface area contributed by atoms with Crippen LogP contribution in [0, 0.1) is 5.92 Å². The van der Waals surface area contributed by atoms with Crippen molar-refractivity contribution in [3.8, 4) is 0 Å². The van der Waals surface area contributed by atoms with Gasteiger partial charge in [0, 0.05) is 26.2 Å². The van der Waals surface area contributed by atoms with Crippen molar-refractivity contribution in [3.05, 3.63) is 20.4 Å². The second kappa shape index (κ2) is 7.15. The molecule has 1 atom stereocenters. The molecule has 0 aromatic heterocycles. The lowest BCUT2D eigenvalue weighted by Crippen LogP contribution is -2.50. The summed E-state index contributed by atoms with van der Waals surface area (Å²) < 4.78 is 0. The molecule has 122 valence electrons. The van der Waals surface area contributed by atoms with Gasteiger partial charge in [-0.2, -0.15) is 0 Å². The van der Waals surface area contributed by atoms with E-state index in [4.69, 9.17) is 5.11 Å². The molecular weight excluding hydrogens is 306 g/mol. The number of piperazine rings is 1. The topological polar surface area (TPSA) is 98.7 Å². The molecule has 0 aliphatic carbocycles. The predicted molar refractivity (Wildman–Crippen MR) is 88.8 cm³/mol. The average molecular weight is 327 g/mol. The minimum Gasteiger partial charge on any atom is -0.481 e. The van der Waals surface area contributed by atoms with E-state index < -0.39 is 16.8 Å². The van der Waals surface area contributed by atoms with E-state index in [0.717, 1.165) is 13.1 Å². The summed E-state index contributed by atoms with van der Waals surface area (Å²) in [4.78, 5) is 36.4. The molecule has 0 saturated carbocycles. The first-order valence-corrected chi connectivity index (χ1v) is 8.35. The van der Waals surface area contributed by atoms with Gasteiger partial charge in [-0.15, -0.1) is 11.8 Å². The Kier molecular flexibility index (Phi) is 5.47. The SMILES string of the molecule is CC(C)C(Nc1c(N2CCNCC2)c(=O)c1=O)SCC(=O)O. The van der Waals surface area contributed by atoms with Crippen LogP contribution in [0.1, 0.15) is 13.8 Å². The van der Waals surface area contributed by atoms with Gasteiger partial charge in [0.2, 0.25) is 0 Å². The van der Waals surface area contributed by atoms with Gasteiger partial charge in [-0.1, -0.05) is 13.8 Å². The maximum Gasteiger partial charge on any atom is 0.313 e. The number of nitrogens with zero attached hydrogens (tertiary/aromatic N) is 1. The Morgan fingerprint density at radius 3 is 2.50 bits per heavy atom. The Labute approximate surface area is 132 Å². The van der Waals surface area contributed by atoms with Gasteiger partial charge in [0.25, 0.3) is 10.9 Å². The van der Waals surface area contributed by atoms with Gasteiger partial charge in [-0.25, -0.2) is 0 Å². The summed E-state index contributed by atoms with van der Waals surface area (Å²) >= 11 is 1.23. The molecule has 1 heterocycles. The van der Waals surface area contributed by atoms with Crippen LogP contribution < -0.4 is 26.4 Å². The van der Waals surface area contributed by atoms with Crippen LogP contribution in [0.4, 0.5) is 11.4 Å². The van der Waals surface area contributed by atoms with E-state index in [1.807, 2.05) is 18.7 Å². The van der Waals surface area contributed by atoms with E-state index >= 15 is 0 Å². The second-order valence-corrected chi connectivity index (χ2v) is 6.76. The third-order valence-corrected chi connectivity index (χ3v) is 5.03. The third-order valence-electron chi connectivity index (χ3n) is 3.60. The normalized spacial score (nSPS) is 17.0. The van der Waals surface area contributed by atoms with Crippen LogP contribution in [0.5, 0.6) is 0 Å². The van der Waals surface area contributed by atoms with E-state index in [0.29, 0.717) is 24.5 Å². The number of hydrogen-bond acceptors (Lipinski definition) is 7. The van der Waals surface area contributed by atoms with Gasteiger partial charge in [-0.05, 0) is 5.92 Å². The molecule has 1 aromatic carbocycles.